The molecule has 4 nitrogen and oxygen atoms in total. The van der Waals surface area contributed by atoms with E-state index in [0.29, 0.717) is 10.9 Å². The van der Waals surface area contributed by atoms with Crippen LogP contribution in [0.5, 0.6) is 0 Å². The van der Waals surface area contributed by atoms with Gasteiger partial charge in [0.25, 0.3) is 0 Å². The molecule has 2 saturated heterocycles. The summed E-state index contributed by atoms with van der Waals surface area (Å²) < 4.78 is 0. The largest absolute Gasteiger partial charge is 0.339 e. The average Bonchev–Trinajstić information content (AvgIpc) is 3.09. The summed E-state index contributed by atoms with van der Waals surface area (Å²) in [6.07, 6.45) is 4.71. The third-order valence-electron chi connectivity index (χ3n) is 5.65. The summed E-state index contributed by atoms with van der Waals surface area (Å²) in [5, 5.41) is 4.92. The van der Waals surface area contributed by atoms with Crippen molar-refractivity contribution >= 4 is 23.3 Å². The SMILES string of the molecule is O=C1N(c2ccc(Cl)cc2)CCN1N1CCC[C@@H](CCc2ccccc2)C1. The number of hydrogen-bond donors (Lipinski definition) is 0. The van der Waals surface area contributed by atoms with Gasteiger partial charge in [-0.2, -0.15) is 0 Å². The molecule has 2 aromatic rings. The average molecular weight is 384 g/mol. The lowest BCUT2D eigenvalue weighted by Gasteiger charge is -2.38. The summed E-state index contributed by atoms with van der Waals surface area (Å²) in [4.78, 5) is 14.8. The Morgan fingerprint density at radius 2 is 1.74 bits per heavy atom. The van der Waals surface area contributed by atoms with Gasteiger partial charge in [-0.05, 0) is 61.4 Å². The number of halogens is 1. The monoisotopic (exact) mass is 383 g/mol. The molecule has 0 spiro atoms. The van der Waals surface area contributed by atoms with Crippen molar-refractivity contribution in [3.63, 3.8) is 0 Å². The molecule has 0 aromatic heterocycles. The molecular weight excluding hydrogens is 358 g/mol. The summed E-state index contributed by atoms with van der Waals surface area (Å²) in [5.74, 6) is 0.649. The van der Waals surface area contributed by atoms with Gasteiger partial charge in [-0.25, -0.2) is 9.80 Å². The van der Waals surface area contributed by atoms with Gasteiger partial charge in [0.2, 0.25) is 0 Å². The van der Waals surface area contributed by atoms with Gasteiger partial charge in [0, 0.05) is 30.3 Å². The molecule has 1 atom stereocenters. The Kier molecular flexibility index (Phi) is 5.65. The number of rotatable bonds is 5. The van der Waals surface area contributed by atoms with E-state index in [2.05, 4.69) is 35.3 Å². The molecule has 0 aliphatic carbocycles. The van der Waals surface area contributed by atoms with Crippen LogP contribution in [-0.4, -0.2) is 42.2 Å². The lowest BCUT2D eigenvalue weighted by Crippen LogP contribution is -2.49. The van der Waals surface area contributed by atoms with E-state index in [1.54, 1.807) is 0 Å². The van der Waals surface area contributed by atoms with Gasteiger partial charge >= 0.3 is 6.03 Å². The normalized spacial score (nSPS) is 21.1. The first-order valence-corrected chi connectivity index (χ1v) is 10.2. The van der Waals surface area contributed by atoms with Crippen molar-refractivity contribution in [2.24, 2.45) is 5.92 Å². The van der Waals surface area contributed by atoms with Crippen molar-refractivity contribution in [1.82, 2.24) is 10.0 Å². The number of aryl methyl sites for hydroxylation is 1. The Labute approximate surface area is 166 Å². The fourth-order valence-corrected chi connectivity index (χ4v) is 4.29. The van der Waals surface area contributed by atoms with E-state index in [1.165, 1.54) is 18.4 Å². The van der Waals surface area contributed by atoms with Gasteiger partial charge in [0.1, 0.15) is 0 Å². The number of piperidine rings is 1. The quantitative estimate of drug-likeness (QED) is 0.738. The summed E-state index contributed by atoms with van der Waals surface area (Å²) in [6, 6.07) is 18.3. The van der Waals surface area contributed by atoms with Crippen molar-refractivity contribution in [1.29, 1.82) is 0 Å². The van der Waals surface area contributed by atoms with Gasteiger partial charge in [-0.15, -0.1) is 0 Å². The predicted molar refractivity (Wildman–Crippen MR) is 110 cm³/mol. The predicted octanol–water partition coefficient (Wildman–Crippen LogP) is 4.84. The van der Waals surface area contributed by atoms with Crippen LogP contribution in [0.3, 0.4) is 0 Å². The maximum Gasteiger partial charge on any atom is 0.339 e. The maximum atomic E-state index is 13.0. The van der Waals surface area contributed by atoms with E-state index in [0.717, 1.165) is 44.7 Å². The van der Waals surface area contributed by atoms with Crippen LogP contribution in [0.2, 0.25) is 5.02 Å². The first kappa shape index (κ1) is 18.3. The summed E-state index contributed by atoms with van der Waals surface area (Å²) in [7, 11) is 0. The number of hydrazine groups is 1. The van der Waals surface area contributed by atoms with Crippen LogP contribution in [0.15, 0.2) is 54.6 Å². The number of carbonyl (C=O) groups excluding carboxylic acids is 1. The molecule has 0 radical (unpaired) electrons. The zero-order valence-electron chi connectivity index (χ0n) is 15.6. The molecule has 0 unspecified atom stereocenters. The Bertz CT molecular complexity index is 765. The number of anilines is 1. The third-order valence-corrected chi connectivity index (χ3v) is 5.90. The van der Waals surface area contributed by atoms with Crippen molar-refractivity contribution in [2.75, 3.05) is 31.1 Å². The highest BCUT2D eigenvalue weighted by Crippen LogP contribution is 2.27. The van der Waals surface area contributed by atoms with E-state index >= 15 is 0 Å². The van der Waals surface area contributed by atoms with Gasteiger partial charge in [-0.3, -0.25) is 9.91 Å². The highest BCUT2D eigenvalue weighted by Gasteiger charge is 2.35. The van der Waals surface area contributed by atoms with Crippen molar-refractivity contribution in [3.05, 3.63) is 65.2 Å². The van der Waals surface area contributed by atoms with Crippen LogP contribution in [0.4, 0.5) is 10.5 Å². The second-order valence-electron chi connectivity index (χ2n) is 7.48. The first-order chi connectivity index (χ1) is 13.2. The van der Waals surface area contributed by atoms with Crippen molar-refractivity contribution in [2.45, 2.75) is 25.7 Å². The summed E-state index contributed by atoms with van der Waals surface area (Å²) in [6.45, 7) is 3.44. The molecule has 2 aliphatic heterocycles. The fraction of sp³-hybridized carbons (Fsp3) is 0.409. The van der Waals surface area contributed by atoms with Crippen LogP contribution < -0.4 is 4.90 Å². The Morgan fingerprint density at radius 3 is 2.52 bits per heavy atom. The minimum Gasteiger partial charge on any atom is -0.291 e. The fourth-order valence-electron chi connectivity index (χ4n) is 4.16. The zero-order chi connectivity index (χ0) is 18.6. The topological polar surface area (TPSA) is 26.8 Å². The van der Waals surface area contributed by atoms with Gasteiger partial charge in [0.15, 0.2) is 0 Å². The van der Waals surface area contributed by atoms with E-state index in [1.807, 2.05) is 34.2 Å². The summed E-state index contributed by atoms with van der Waals surface area (Å²) >= 11 is 5.97. The van der Waals surface area contributed by atoms with Crippen LogP contribution in [-0.2, 0) is 6.42 Å². The molecule has 2 heterocycles. The van der Waals surface area contributed by atoms with Gasteiger partial charge < -0.3 is 0 Å². The number of benzene rings is 2. The molecule has 5 heteroatoms. The molecule has 142 valence electrons. The van der Waals surface area contributed by atoms with E-state index in [4.69, 9.17) is 11.6 Å². The standard InChI is InChI=1S/C22H26ClN3O/c23-20-10-12-21(13-11-20)25-15-16-26(22(25)27)24-14-4-7-19(17-24)9-8-18-5-2-1-3-6-18/h1-3,5-6,10-13,19H,4,7-9,14-17H2/t19-/m0/s1. The second-order valence-corrected chi connectivity index (χ2v) is 7.92. The molecule has 0 N–H and O–H groups in total. The van der Waals surface area contributed by atoms with E-state index < -0.39 is 0 Å². The van der Waals surface area contributed by atoms with Crippen molar-refractivity contribution in [3.8, 4) is 0 Å². The molecular formula is C22H26ClN3O. The zero-order valence-corrected chi connectivity index (χ0v) is 16.3. The Morgan fingerprint density at radius 1 is 0.963 bits per heavy atom. The lowest BCUT2D eigenvalue weighted by atomic mass is 9.92. The molecule has 0 saturated carbocycles. The smallest absolute Gasteiger partial charge is 0.291 e. The van der Waals surface area contributed by atoms with Crippen LogP contribution in [0.1, 0.15) is 24.8 Å². The molecule has 2 amide bonds. The number of amides is 2. The molecule has 4 rings (SSSR count). The first-order valence-electron chi connectivity index (χ1n) is 9.84. The number of hydrogen-bond acceptors (Lipinski definition) is 2. The lowest BCUT2D eigenvalue weighted by molar-refractivity contribution is -0.00550. The third kappa shape index (κ3) is 4.28. The maximum absolute atomic E-state index is 13.0. The van der Waals surface area contributed by atoms with Gasteiger partial charge in [0.05, 0.1) is 6.54 Å². The summed E-state index contributed by atoms with van der Waals surface area (Å²) in [5.41, 5.74) is 2.32. The van der Waals surface area contributed by atoms with Crippen molar-refractivity contribution < 1.29 is 4.79 Å². The Balaban J connectivity index is 1.35. The molecule has 0 bridgehead atoms. The van der Waals surface area contributed by atoms with Crippen LogP contribution >= 0.6 is 11.6 Å². The van der Waals surface area contributed by atoms with Crippen LogP contribution in [0.25, 0.3) is 0 Å². The molecule has 2 aliphatic rings. The van der Waals surface area contributed by atoms with Crippen LogP contribution in [0, 0.1) is 5.92 Å². The number of urea groups is 1. The molecule has 27 heavy (non-hydrogen) atoms. The number of carbonyl (C=O) groups is 1. The number of nitrogens with zero attached hydrogens (tertiary/aromatic N) is 3. The molecule has 2 fully saturated rings. The highest BCUT2D eigenvalue weighted by molar-refractivity contribution is 6.30. The minimum atomic E-state index is 0.0843. The second kappa shape index (κ2) is 8.32. The highest BCUT2D eigenvalue weighted by atomic mass is 35.5. The minimum absolute atomic E-state index is 0.0843. The van der Waals surface area contributed by atoms with E-state index in [9.17, 15) is 4.79 Å². The molecule has 2 aromatic carbocycles. The Hall–Kier alpha value is -2.04. The van der Waals surface area contributed by atoms with Gasteiger partial charge in [-0.1, -0.05) is 41.9 Å². The van der Waals surface area contributed by atoms with E-state index in [-0.39, 0.29) is 6.03 Å².